The maximum Gasteiger partial charge on any atom is 0.416 e. The average Bonchev–Trinajstić information content (AvgIpc) is 2.78. The van der Waals surface area contributed by atoms with Crippen molar-refractivity contribution in [2.24, 2.45) is 0 Å². The molecule has 8 heteroatoms. The van der Waals surface area contributed by atoms with E-state index in [1.165, 1.54) is 12.1 Å². The predicted molar refractivity (Wildman–Crippen MR) is 115 cm³/mol. The minimum Gasteiger partial charge on any atom is -0.334 e. The van der Waals surface area contributed by atoms with Crippen LogP contribution in [-0.2, 0) is 19.1 Å². The number of alkyl halides is 3. The third kappa shape index (κ3) is 4.91. The van der Waals surface area contributed by atoms with E-state index < -0.39 is 17.8 Å². The molecule has 3 aromatic rings. The first kappa shape index (κ1) is 21.4. The van der Waals surface area contributed by atoms with Crippen LogP contribution in [-0.4, -0.2) is 23.4 Å². The van der Waals surface area contributed by atoms with Gasteiger partial charge in [0.25, 0.3) is 5.91 Å². The molecular weight excluding hydrogens is 419 g/mol. The highest BCUT2D eigenvalue weighted by atomic mass is 19.4. The molecule has 3 amide bonds. The quantitative estimate of drug-likeness (QED) is 0.562. The van der Waals surface area contributed by atoms with E-state index in [1.807, 2.05) is 24.3 Å². The number of anilines is 2. The fourth-order valence-electron chi connectivity index (χ4n) is 3.64. The molecule has 0 bridgehead atoms. The summed E-state index contributed by atoms with van der Waals surface area (Å²) in [5.74, 6) is -0.0584. The van der Waals surface area contributed by atoms with Crippen LogP contribution in [0.15, 0.2) is 72.8 Å². The molecule has 0 spiro atoms. The van der Waals surface area contributed by atoms with E-state index in [2.05, 4.69) is 10.6 Å². The number of hydrogen-bond acceptors (Lipinski definition) is 2. The Labute approximate surface area is 182 Å². The van der Waals surface area contributed by atoms with Gasteiger partial charge in [-0.3, -0.25) is 4.79 Å². The van der Waals surface area contributed by atoms with E-state index in [1.54, 1.807) is 29.2 Å². The minimum absolute atomic E-state index is 0.0370. The number of fused-ring (bicyclic) bond motifs is 1. The summed E-state index contributed by atoms with van der Waals surface area (Å²) in [5.41, 5.74) is 2.30. The molecule has 1 aliphatic rings. The van der Waals surface area contributed by atoms with E-state index in [0.717, 1.165) is 23.3 Å². The lowest BCUT2D eigenvalue weighted by molar-refractivity contribution is -0.137. The van der Waals surface area contributed by atoms with Gasteiger partial charge in [-0.15, -0.1) is 0 Å². The van der Waals surface area contributed by atoms with Crippen molar-refractivity contribution in [2.75, 3.05) is 17.2 Å². The molecule has 1 heterocycles. The van der Waals surface area contributed by atoms with Crippen LogP contribution in [0.5, 0.6) is 0 Å². The molecule has 0 saturated heterocycles. The van der Waals surface area contributed by atoms with Crippen LogP contribution in [0.4, 0.5) is 29.3 Å². The smallest absolute Gasteiger partial charge is 0.334 e. The minimum atomic E-state index is -4.49. The second-order valence-electron chi connectivity index (χ2n) is 7.48. The highest BCUT2D eigenvalue weighted by Crippen LogP contribution is 2.30. The molecule has 2 N–H and O–H groups in total. The van der Waals surface area contributed by atoms with Crippen LogP contribution in [0.1, 0.15) is 27.0 Å². The van der Waals surface area contributed by atoms with E-state index in [4.69, 9.17) is 0 Å². The first-order valence-corrected chi connectivity index (χ1v) is 10.0. The monoisotopic (exact) mass is 439 g/mol. The van der Waals surface area contributed by atoms with Gasteiger partial charge in [0.2, 0.25) is 0 Å². The zero-order valence-electron chi connectivity index (χ0n) is 16.9. The number of hydrogen-bond donors (Lipinski definition) is 2. The number of urea groups is 1. The number of amides is 3. The molecular formula is C24H20F3N3O2. The van der Waals surface area contributed by atoms with Gasteiger partial charge in [0.15, 0.2) is 0 Å². The van der Waals surface area contributed by atoms with Crippen LogP contribution >= 0.6 is 0 Å². The van der Waals surface area contributed by atoms with Crippen molar-refractivity contribution in [3.8, 4) is 0 Å². The molecule has 0 radical (unpaired) electrons. The molecule has 0 aliphatic carbocycles. The SMILES string of the molecule is O=C(Nc1cccc(C(F)(F)F)c1)Nc1ccc2c(c1)CN(C(=O)c1ccccc1)CC2. The van der Waals surface area contributed by atoms with Crippen molar-refractivity contribution in [2.45, 2.75) is 19.1 Å². The van der Waals surface area contributed by atoms with Gasteiger partial charge in [0, 0.05) is 30.0 Å². The molecule has 3 aromatic carbocycles. The van der Waals surface area contributed by atoms with Gasteiger partial charge in [-0.05, 0) is 60.0 Å². The lowest BCUT2D eigenvalue weighted by atomic mass is 9.98. The molecule has 0 fully saturated rings. The number of rotatable bonds is 3. The fraction of sp³-hybridized carbons (Fsp3) is 0.167. The second-order valence-corrected chi connectivity index (χ2v) is 7.48. The average molecular weight is 439 g/mol. The van der Waals surface area contributed by atoms with Crippen molar-refractivity contribution < 1.29 is 22.8 Å². The van der Waals surface area contributed by atoms with Gasteiger partial charge in [-0.2, -0.15) is 13.2 Å². The largest absolute Gasteiger partial charge is 0.416 e. The highest BCUT2D eigenvalue weighted by Gasteiger charge is 2.30. The van der Waals surface area contributed by atoms with Crippen LogP contribution < -0.4 is 10.6 Å². The summed E-state index contributed by atoms with van der Waals surface area (Å²) in [7, 11) is 0. The lowest BCUT2D eigenvalue weighted by Gasteiger charge is -2.29. The van der Waals surface area contributed by atoms with Crippen molar-refractivity contribution in [3.63, 3.8) is 0 Å². The summed E-state index contributed by atoms with van der Waals surface area (Å²) >= 11 is 0. The summed E-state index contributed by atoms with van der Waals surface area (Å²) in [6, 6.07) is 18.2. The summed E-state index contributed by atoms with van der Waals surface area (Å²) in [5, 5.41) is 5.06. The van der Waals surface area contributed by atoms with Crippen molar-refractivity contribution >= 4 is 23.3 Å². The fourth-order valence-corrected chi connectivity index (χ4v) is 3.64. The summed E-state index contributed by atoms with van der Waals surface area (Å²) in [4.78, 5) is 26.8. The van der Waals surface area contributed by atoms with Crippen LogP contribution in [0.25, 0.3) is 0 Å². The Balaban J connectivity index is 1.43. The number of carbonyl (C=O) groups is 2. The maximum absolute atomic E-state index is 12.9. The number of carbonyl (C=O) groups excluding carboxylic acids is 2. The normalized spacial score (nSPS) is 13.3. The Kier molecular flexibility index (Phi) is 5.85. The second kappa shape index (κ2) is 8.74. The molecule has 164 valence electrons. The Morgan fingerprint density at radius 2 is 1.53 bits per heavy atom. The van der Waals surface area contributed by atoms with Crippen LogP contribution in [0, 0.1) is 0 Å². The molecule has 0 saturated carbocycles. The van der Waals surface area contributed by atoms with Crippen molar-refractivity contribution in [1.82, 2.24) is 4.90 Å². The Morgan fingerprint density at radius 1 is 0.812 bits per heavy atom. The third-order valence-corrected chi connectivity index (χ3v) is 5.23. The molecule has 0 unspecified atom stereocenters. The maximum atomic E-state index is 12.9. The lowest BCUT2D eigenvalue weighted by Crippen LogP contribution is -2.36. The van der Waals surface area contributed by atoms with E-state index in [-0.39, 0.29) is 11.6 Å². The summed E-state index contributed by atoms with van der Waals surface area (Å²) < 4.78 is 38.6. The summed E-state index contributed by atoms with van der Waals surface area (Å²) in [6.07, 6.45) is -3.79. The Bertz CT molecular complexity index is 1150. The van der Waals surface area contributed by atoms with Gasteiger partial charge in [0.05, 0.1) is 5.56 Å². The first-order chi connectivity index (χ1) is 15.3. The highest BCUT2D eigenvalue weighted by molar-refractivity contribution is 6.00. The first-order valence-electron chi connectivity index (χ1n) is 10.0. The third-order valence-electron chi connectivity index (χ3n) is 5.23. The number of nitrogens with zero attached hydrogens (tertiary/aromatic N) is 1. The number of halogens is 3. The van der Waals surface area contributed by atoms with E-state index >= 15 is 0 Å². The number of benzene rings is 3. The molecule has 0 atom stereocenters. The van der Waals surface area contributed by atoms with Crippen LogP contribution in [0.2, 0.25) is 0 Å². The van der Waals surface area contributed by atoms with Crippen molar-refractivity contribution in [3.05, 3.63) is 95.1 Å². The molecule has 32 heavy (non-hydrogen) atoms. The van der Waals surface area contributed by atoms with Crippen LogP contribution in [0.3, 0.4) is 0 Å². The van der Waals surface area contributed by atoms with E-state index in [0.29, 0.717) is 30.8 Å². The zero-order chi connectivity index (χ0) is 22.7. The summed E-state index contributed by atoms with van der Waals surface area (Å²) in [6.45, 7) is 1.01. The molecule has 5 nitrogen and oxygen atoms in total. The molecule has 0 aromatic heterocycles. The van der Waals surface area contributed by atoms with E-state index in [9.17, 15) is 22.8 Å². The van der Waals surface area contributed by atoms with Gasteiger partial charge < -0.3 is 15.5 Å². The topological polar surface area (TPSA) is 61.4 Å². The standard InChI is InChI=1S/C24H20F3N3O2/c25-24(26,27)19-7-4-8-20(14-19)28-23(32)29-21-10-9-16-11-12-30(15-18(16)13-21)22(31)17-5-2-1-3-6-17/h1-10,13-14H,11-12,15H2,(H2,28,29,32). The van der Waals surface area contributed by atoms with Crippen molar-refractivity contribution in [1.29, 1.82) is 0 Å². The predicted octanol–water partition coefficient (Wildman–Crippen LogP) is 5.55. The zero-order valence-corrected chi connectivity index (χ0v) is 16.9. The molecule has 1 aliphatic heterocycles. The number of nitrogens with one attached hydrogen (secondary N) is 2. The Hall–Kier alpha value is -3.81. The van der Waals surface area contributed by atoms with Gasteiger partial charge in [0.1, 0.15) is 0 Å². The van der Waals surface area contributed by atoms with Gasteiger partial charge >= 0.3 is 12.2 Å². The Morgan fingerprint density at radius 3 is 2.25 bits per heavy atom. The molecule has 4 rings (SSSR count). The van der Waals surface area contributed by atoms with Gasteiger partial charge in [-0.1, -0.05) is 30.3 Å². The van der Waals surface area contributed by atoms with Gasteiger partial charge in [-0.25, -0.2) is 4.79 Å².